The van der Waals surface area contributed by atoms with Crippen molar-refractivity contribution in [3.8, 4) is 0 Å². The zero-order valence-electron chi connectivity index (χ0n) is 19.2. The Kier molecular flexibility index (Phi) is 9.69. The van der Waals surface area contributed by atoms with Gasteiger partial charge in [-0.25, -0.2) is 4.79 Å². The number of benzene rings is 1. The lowest BCUT2D eigenvalue weighted by Crippen LogP contribution is -2.46. The molecule has 0 bridgehead atoms. The first-order chi connectivity index (χ1) is 14.7. The number of aliphatic hydroxyl groups excluding tert-OH is 1. The molecule has 1 aliphatic rings. The summed E-state index contributed by atoms with van der Waals surface area (Å²) in [5.41, 5.74) is 1.13. The van der Waals surface area contributed by atoms with Gasteiger partial charge in [0.25, 0.3) is 0 Å². The predicted octanol–water partition coefficient (Wildman–Crippen LogP) is 4.61. The largest absolute Gasteiger partial charge is 0.466 e. The first-order valence-electron chi connectivity index (χ1n) is 10.9. The highest BCUT2D eigenvalue weighted by atomic mass is 16.7. The Balaban J connectivity index is 1.95. The third kappa shape index (κ3) is 8.82. The van der Waals surface area contributed by atoms with Crippen LogP contribution >= 0.6 is 0 Å². The molecular weight excluding hydrogens is 392 g/mol. The van der Waals surface area contributed by atoms with Gasteiger partial charge in [0.05, 0.1) is 25.4 Å². The molecule has 0 aromatic heterocycles. The van der Waals surface area contributed by atoms with Gasteiger partial charge in [0.2, 0.25) is 0 Å². The molecule has 0 radical (unpaired) electrons. The maximum Gasteiger partial charge on any atom is 0.330 e. The molecule has 1 heterocycles. The molecule has 0 aliphatic carbocycles. The average molecular weight is 429 g/mol. The first kappa shape index (κ1) is 25.1. The summed E-state index contributed by atoms with van der Waals surface area (Å²) in [4.78, 5) is 11.2. The number of carbonyl (C=O) groups is 1. The molecule has 1 aromatic carbocycles. The molecule has 0 amide bonds. The SMILES string of the molecule is COC(=O)/C=C\C=C\[C@@H](C)[C@@H]1C[C@H](/C=C\[C@@H](C)[C@@H](O)Cc2ccccc2)OC(C)(C)O1. The number of aliphatic hydroxyl groups is 1. The fourth-order valence-electron chi connectivity index (χ4n) is 3.56. The molecule has 2 rings (SSSR count). The first-order valence-corrected chi connectivity index (χ1v) is 10.9. The van der Waals surface area contributed by atoms with Crippen LogP contribution in [0.25, 0.3) is 0 Å². The lowest BCUT2D eigenvalue weighted by Gasteiger charge is -2.41. The molecule has 0 spiro atoms. The van der Waals surface area contributed by atoms with Gasteiger partial charge in [0.1, 0.15) is 0 Å². The minimum Gasteiger partial charge on any atom is -0.466 e. The minimum atomic E-state index is -0.701. The molecule has 31 heavy (non-hydrogen) atoms. The van der Waals surface area contributed by atoms with E-state index in [4.69, 9.17) is 9.47 Å². The van der Waals surface area contributed by atoms with E-state index in [0.29, 0.717) is 12.8 Å². The van der Waals surface area contributed by atoms with Gasteiger partial charge < -0.3 is 19.3 Å². The predicted molar refractivity (Wildman–Crippen MR) is 122 cm³/mol. The lowest BCUT2D eigenvalue weighted by atomic mass is 9.94. The van der Waals surface area contributed by atoms with Gasteiger partial charge in [-0.05, 0) is 25.8 Å². The zero-order valence-corrected chi connectivity index (χ0v) is 19.2. The van der Waals surface area contributed by atoms with E-state index in [1.807, 2.05) is 75.4 Å². The van der Waals surface area contributed by atoms with Crippen LogP contribution in [0.5, 0.6) is 0 Å². The van der Waals surface area contributed by atoms with E-state index in [9.17, 15) is 9.90 Å². The summed E-state index contributed by atoms with van der Waals surface area (Å²) in [5.74, 6) is -0.931. The number of hydrogen-bond acceptors (Lipinski definition) is 5. The topological polar surface area (TPSA) is 65.0 Å². The van der Waals surface area contributed by atoms with Crippen LogP contribution in [0.2, 0.25) is 0 Å². The van der Waals surface area contributed by atoms with Gasteiger partial charge in [-0.3, -0.25) is 0 Å². The Morgan fingerprint density at radius 3 is 2.58 bits per heavy atom. The summed E-state index contributed by atoms with van der Waals surface area (Å²) in [6, 6.07) is 10.0. The fourth-order valence-corrected chi connectivity index (χ4v) is 3.56. The number of methoxy groups -OCH3 is 1. The average Bonchev–Trinajstić information content (AvgIpc) is 2.74. The van der Waals surface area contributed by atoms with Gasteiger partial charge in [-0.2, -0.15) is 0 Å². The molecule has 0 saturated carbocycles. The van der Waals surface area contributed by atoms with E-state index >= 15 is 0 Å². The van der Waals surface area contributed by atoms with E-state index in [1.54, 1.807) is 6.08 Å². The van der Waals surface area contributed by atoms with Crippen LogP contribution in [-0.4, -0.2) is 42.3 Å². The maximum absolute atomic E-state index is 11.2. The minimum absolute atomic E-state index is 0.00833. The van der Waals surface area contributed by atoms with Crippen molar-refractivity contribution in [2.24, 2.45) is 11.8 Å². The second kappa shape index (κ2) is 12.0. The summed E-state index contributed by atoms with van der Waals surface area (Å²) in [7, 11) is 1.35. The van der Waals surface area contributed by atoms with Crippen molar-refractivity contribution in [1.82, 2.24) is 0 Å². The van der Waals surface area contributed by atoms with Gasteiger partial charge in [0.15, 0.2) is 5.79 Å². The Labute approximate surface area is 186 Å². The molecule has 5 heteroatoms. The fraction of sp³-hybridized carbons (Fsp3) is 0.500. The molecule has 170 valence electrons. The summed E-state index contributed by atoms with van der Waals surface area (Å²) < 4.78 is 16.8. The van der Waals surface area contributed by atoms with E-state index in [2.05, 4.69) is 11.7 Å². The van der Waals surface area contributed by atoms with Crippen LogP contribution in [0.4, 0.5) is 0 Å². The van der Waals surface area contributed by atoms with Crippen LogP contribution in [0.1, 0.15) is 39.7 Å². The van der Waals surface area contributed by atoms with Gasteiger partial charge >= 0.3 is 5.97 Å². The van der Waals surface area contributed by atoms with Crippen molar-refractivity contribution in [2.75, 3.05) is 7.11 Å². The summed E-state index contributed by atoms with van der Waals surface area (Å²) in [6.07, 6.45) is 11.7. The van der Waals surface area contributed by atoms with Crippen molar-refractivity contribution < 1.29 is 24.1 Å². The zero-order chi connectivity index (χ0) is 22.9. The van der Waals surface area contributed by atoms with Crippen LogP contribution in [-0.2, 0) is 25.4 Å². The Morgan fingerprint density at radius 1 is 1.19 bits per heavy atom. The molecule has 1 fully saturated rings. The normalized spacial score (nSPS) is 24.5. The molecule has 0 unspecified atom stereocenters. The van der Waals surface area contributed by atoms with Crippen LogP contribution in [0.15, 0.2) is 66.8 Å². The summed E-state index contributed by atoms with van der Waals surface area (Å²) in [5, 5.41) is 10.6. The van der Waals surface area contributed by atoms with Crippen molar-refractivity contribution in [2.45, 2.75) is 64.6 Å². The number of rotatable bonds is 9. The number of hydrogen-bond donors (Lipinski definition) is 1. The van der Waals surface area contributed by atoms with Crippen LogP contribution in [0.3, 0.4) is 0 Å². The quantitative estimate of drug-likeness (QED) is 0.269. The Bertz CT molecular complexity index is 765. The highest BCUT2D eigenvalue weighted by Crippen LogP contribution is 2.31. The van der Waals surface area contributed by atoms with Crippen molar-refractivity contribution in [1.29, 1.82) is 0 Å². The van der Waals surface area contributed by atoms with Crippen molar-refractivity contribution >= 4 is 5.97 Å². The van der Waals surface area contributed by atoms with Gasteiger partial charge in [-0.1, -0.05) is 74.6 Å². The lowest BCUT2D eigenvalue weighted by molar-refractivity contribution is -0.295. The van der Waals surface area contributed by atoms with E-state index in [-0.39, 0.29) is 30.0 Å². The van der Waals surface area contributed by atoms with Crippen LogP contribution in [0, 0.1) is 11.8 Å². The second-order valence-electron chi connectivity index (χ2n) is 8.58. The molecular formula is C26H36O5. The van der Waals surface area contributed by atoms with E-state index in [1.165, 1.54) is 13.2 Å². The summed E-state index contributed by atoms with van der Waals surface area (Å²) in [6.45, 7) is 7.94. The van der Waals surface area contributed by atoms with Crippen LogP contribution < -0.4 is 0 Å². The second-order valence-corrected chi connectivity index (χ2v) is 8.58. The third-order valence-corrected chi connectivity index (χ3v) is 5.40. The monoisotopic (exact) mass is 428 g/mol. The number of carbonyl (C=O) groups excluding carboxylic acids is 1. The molecule has 1 aromatic rings. The Morgan fingerprint density at radius 2 is 1.90 bits per heavy atom. The van der Waals surface area contributed by atoms with Crippen molar-refractivity contribution in [3.05, 3.63) is 72.4 Å². The highest BCUT2D eigenvalue weighted by Gasteiger charge is 2.36. The number of allylic oxidation sites excluding steroid dienone is 2. The standard InChI is InChI=1S/C26H36O5/c1-19(23(27)17-21-12-7-6-8-13-21)15-16-22-18-24(31-26(3,4)30-22)20(2)11-9-10-14-25(28)29-5/h6-16,19-20,22-24,27H,17-18H2,1-5H3/b11-9+,14-10-,16-15-/t19-,20-,22+,23+,24+/m1/s1. The molecule has 5 nitrogen and oxygen atoms in total. The van der Waals surface area contributed by atoms with Gasteiger partial charge in [0, 0.05) is 24.3 Å². The van der Waals surface area contributed by atoms with E-state index in [0.717, 1.165) is 5.56 Å². The van der Waals surface area contributed by atoms with Crippen molar-refractivity contribution in [3.63, 3.8) is 0 Å². The summed E-state index contributed by atoms with van der Waals surface area (Å²) >= 11 is 0. The highest BCUT2D eigenvalue weighted by molar-refractivity contribution is 5.82. The van der Waals surface area contributed by atoms with Gasteiger partial charge in [-0.15, -0.1) is 0 Å². The molecule has 1 N–H and O–H groups in total. The smallest absolute Gasteiger partial charge is 0.330 e. The number of ether oxygens (including phenoxy) is 3. The molecule has 1 saturated heterocycles. The van der Waals surface area contributed by atoms with E-state index < -0.39 is 11.9 Å². The third-order valence-electron chi connectivity index (χ3n) is 5.40. The Hall–Kier alpha value is -2.21. The number of esters is 1. The maximum atomic E-state index is 11.2. The molecule has 5 atom stereocenters. The molecule has 1 aliphatic heterocycles.